The van der Waals surface area contributed by atoms with Crippen molar-refractivity contribution >= 4 is 23.4 Å². The van der Waals surface area contributed by atoms with Crippen molar-refractivity contribution in [1.82, 2.24) is 0 Å². The van der Waals surface area contributed by atoms with E-state index in [1.165, 1.54) is 18.2 Å². The predicted octanol–water partition coefficient (Wildman–Crippen LogP) is 4.36. The van der Waals surface area contributed by atoms with Crippen LogP contribution in [0.3, 0.4) is 0 Å². The molecule has 0 heterocycles. The number of hydrogen-bond donors (Lipinski definition) is 1. The Morgan fingerprint density at radius 1 is 1.25 bits per heavy atom. The molecule has 102 valence electrons. The minimum atomic E-state index is -0.424. The standard InChI is InChI=1S/C16H14FNOS/c1-2-10-20-15-9-4-3-8-14(15)18-16(19)12-6-5-7-13(17)11-12/h2-9,11H,1,10H2,(H,18,19). The largest absolute Gasteiger partial charge is 0.321 e. The van der Waals surface area contributed by atoms with E-state index in [1.54, 1.807) is 23.9 Å². The minimum Gasteiger partial charge on any atom is -0.321 e. The second kappa shape index (κ2) is 6.91. The third kappa shape index (κ3) is 3.71. The molecule has 0 atom stereocenters. The maximum Gasteiger partial charge on any atom is 0.255 e. The summed E-state index contributed by atoms with van der Waals surface area (Å²) in [5.74, 6) is 0.00968. The van der Waals surface area contributed by atoms with Crippen LogP contribution in [0.5, 0.6) is 0 Å². The molecule has 0 aromatic heterocycles. The van der Waals surface area contributed by atoms with Crippen molar-refractivity contribution in [3.8, 4) is 0 Å². The van der Waals surface area contributed by atoms with Gasteiger partial charge in [0.25, 0.3) is 5.91 Å². The fourth-order valence-electron chi connectivity index (χ4n) is 1.67. The Bertz CT molecular complexity index is 627. The molecular weight excluding hydrogens is 273 g/mol. The van der Waals surface area contributed by atoms with Crippen LogP contribution in [-0.4, -0.2) is 11.7 Å². The van der Waals surface area contributed by atoms with Crippen LogP contribution in [0, 0.1) is 5.82 Å². The molecule has 2 nitrogen and oxygen atoms in total. The molecular formula is C16H14FNOS. The summed E-state index contributed by atoms with van der Waals surface area (Å²) in [6.45, 7) is 3.67. The molecule has 20 heavy (non-hydrogen) atoms. The molecule has 0 unspecified atom stereocenters. The SMILES string of the molecule is C=CCSc1ccccc1NC(=O)c1cccc(F)c1. The van der Waals surface area contributed by atoms with Crippen molar-refractivity contribution in [2.75, 3.05) is 11.1 Å². The highest BCUT2D eigenvalue weighted by atomic mass is 32.2. The molecule has 0 aliphatic carbocycles. The summed E-state index contributed by atoms with van der Waals surface area (Å²) >= 11 is 1.58. The lowest BCUT2D eigenvalue weighted by Gasteiger charge is -2.10. The number of benzene rings is 2. The molecule has 4 heteroatoms. The number of para-hydroxylation sites is 1. The van der Waals surface area contributed by atoms with Crippen LogP contribution in [0.1, 0.15) is 10.4 Å². The first-order valence-corrected chi connectivity index (χ1v) is 7.09. The molecule has 2 aromatic rings. The third-order valence-electron chi connectivity index (χ3n) is 2.58. The normalized spacial score (nSPS) is 10.1. The van der Waals surface area contributed by atoms with Crippen molar-refractivity contribution in [1.29, 1.82) is 0 Å². The minimum absolute atomic E-state index is 0.300. The lowest BCUT2D eigenvalue weighted by Crippen LogP contribution is -2.12. The van der Waals surface area contributed by atoms with E-state index < -0.39 is 5.82 Å². The van der Waals surface area contributed by atoms with Crippen LogP contribution >= 0.6 is 11.8 Å². The van der Waals surface area contributed by atoms with Gasteiger partial charge in [-0.05, 0) is 30.3 Å². The second-order valence-electron chi connectivity index (χ2n) is 4.06. The number of halogens is 1. The highest BCUT2D eigenvalue weighted by molar-refractivity contribution is 7.99. The Balaban J connectivity index is 2.17. The topological polar surface area (TPSA) is 29.1 Å². The van der Waals surface area contributed by atoms with Gasteiger partial charge in [-0.1, -0.05) is 24.3 Å². The van der Waals surface area contributed by atoms with Gasteiger partial charge in [-0.3, -0.25) is 4.79 Å². The summed E-state index contributed by atoms with van der Waals surface area (Å²) in [6, 6.07) is 13.1. The van der Waals surface area contributed by atoms with Gasteiger partial charge < -0.3 is 5.32 Å². The lowest BCUT2D eigenvalue weighted by atomic mass is 10.2. The van der Waals surface area contributed by atoms with Crippen molar-refractivity contribution in [3.63, 3.8) is 0 Å². The summed E-state index contributed by atoms with van der Waals surface area (Å²) in [4.78, 5) is 13.0. The molecule has 2 aromatic carbocycles. The van der Waals surface area contributed by atoms with Gasteiger partial charge in [0.2, 0.25) is 0 Å². The Morgan fingerprint density at radius 3 is 2.80 bits per heavy atom. The number of nitrogens with one attached hydrogen (secondary N) is 1. The maximum atomic E-state index is 13.1. The maximum absolute atomic E-state index is 13.1. The van der Waals surface area contributed by atoms with Crippen LogP contribution in [0.25, 0.3) is 0 Å². The molecule has 0 aliphatic rings. The van der Waals surface area contributed by atoms with Crippen LogP contribution in [0.4, 0.5) is 10.1 Å². The fraction of sp³-hybridized carbons (Fsp3) is 0.0625. The molecule has 1 amide bonds. The van der Waals surface area contributed by atoms with Gasteiger partial charge in [0, 0.05) is 16.2 Å². The van der Waals surface area contributed by atoms with Gasteiger partial charge in [0.05, 0.1) is 5.69 Å². The zero-order chi connectivity index (χ0) is 14.4. The van der Waals surface area contributed by atoms with E-state index in [0.29, 0.717) is 11.3 Å². The van der Waals surface area contributed by atoms with Crippen molar-refractivity contribution in [2.24, 2.45) is 0 Å². The molecule has 0 radical (unpaired) electrons. The van der Waals surface area contributed by atoms with Crippen molar-refractivity contribution < 1.29 is 9.18 Å². The second-order valence-corrected chi connectivity index (χ2v) is 5.12. The highest BCUT2D eigenvalue weighted by Gasteiger charge is 2.09. The molecule has 0 bridgehead atoms. The Kier molecular flexibility index (Phi) is 4.96. The first kappa shape index (κ1) is 14.3. The number of anilines is 1. The van der Waals surface area contributed by atoms with Gasteiger partial charge in [-0.15, -0.1) is 18.3 Å². The van der Waals surface area contributed by atoms with E-state index in [9.17, 15) is 9.18 Å². The van der Waals surface area contributed by atoms with E-state index in [-0.39, 0.29) is 5.91 Å². The van der Waals surface area contributed by atoms with Gasteiger partial charge in [-0.2, -0.15) is 0 Å². The smallest absolute Gasteiger partial charge is 0.255 e. The first-order chi connectivity index (χ1) is 9.70. The van der Waals surface area contributed by atoms with Gasteiger partial charge >= 0.3 is 0 Å². The molecule has 0 saturated heterocycles. The monoisotopic (exact) mass is 287 g/mol. The number of thioether (sulfide) groups is 1. The van der Waals surface area contributed by atoms with Crippen LogP contribution in [0.2, 0.25) is 0 Å². The third-order valence-corrected chi connectivity index (χ3v) is 3.65. The van der Waals surface area contributed by atoms with Crippen molar-refractivity contribution in [3.05, 3.63) is 72.6 Å². The number of rotatable bonds is 5. The number of carbonyl (C=O) groups excluding carboxylic acids is 1. The van der Waals surface area contributed by atoms with Crippen LogP contribution < -0.4 is 5.32 Å². The van der Waals surface area contributed by atoms with Crippen molar-refractivity contribution in [2.45, 2.75) is 4.90 Å². The average Bonchev–Trinajstić information content (AvgIpc) is 2.46. The summed E-state index contributed by atoms with van der Waals surface area (Å²) < 4.78 is 13.1. The van der Waals surface area contributed by atoms with E-state index in [4.69, 9.17) is 0 Å². The number of carbonyl (C=O) groups is 1. The average molecular weight is 287 g/mol. The fourth-order valence-corrected chi connectivity index (χ4v) is 2.42. The van der Waals surface area contributed by atoms with E-state index >= 15 is 0 Å². The molecule has 2 rings (SSSR count). The molecule has 0 aliphatic heterocycles. The molecule has 0 spiro atoms. The van der Waals surface area contributed by atoms with E-state index in [1.807, 2.05) is 24.3 Å². The first-order valence-electron chi connectivity index (χ1n) is 6.10. The Hall–Kier alpha value is -2.07. The van der Waals surface area contributed by atoms with Crippen LogP contribution in [0.15, 0.2) is 66.1 Å². The highest BCUT2D eigenvalue weighted by Crippen LogP contribution is 2.27. The Labute approximate surface area is 121 Å². The Morgan fingerprint density at radius 2 is 2.05 bits per heavy atom. The number of hydrogen-bond acceptors (Lipinski definition) is 2. The number of amides is 1. The molecule has 0 saturated carbocycles. The van der Waals surface area contributed by atoms with Gasteiger partial charge in [0.15, 0.2) is 0 Å². The molecule has 1 N–H and O–H groups in total. The summed E-state index contributed by atoms with van der Waals surface area (Å²) in [6.07, 6.45) is 1.80. The van der Waals surface area contributed by atoms with Gasteiger partial charge in [0.1, 0.15) is 5.82 Å². The summed E-state index contributed by atoms with van der Waals surface area (Å²) in [7, 11) is 0. The lowest BCUT2D eigenvalue weighted by molar-refractivity contribution is 0.102. The predicted molar refractivity (Wildman–Crippen MR) is 81.7 cm³/mol. The van der Waals surface area contributed by atoms with Gasteiger partial charge in [-0.25, -0.2) is 4.39 Å². The quantitative estimate of drug-likeness (QED) is 0.654. The summed E-state index contributed by atoms with van der Waals surface area (Å²) in [5, 5.41) is 2.80. The van der Waals surface area contributed by atoms with E-state index in [2.05, 4.69) is 11.9 Å². The van der Waals surface area contributed by atoms with Crippen LogP contribution in [-0.2, 0) is 0 Å². The summed E-state index contributed by atoms with van der Waals surface area (Å²) in [5.41, 5.74) is 1.02. The zero-order valence-electron chi connectivity index (χ0n) is 10.8. The van der Waals surface area contributed by atoms with E-state index in [0.717, 1.165) is 10.6 Å². The molecule has 0 fully saturated rings. The zero-order valence-corrected chi connectivity index (χ0v) is 11.6.